The van der Waals surface area contributed by atoms with Gasteiger partial charge in [-0.3, -0.25) is 5.32 Å². The Labute approximate surface area is 190 Å². The van der Waals surface area contributed by atoms with E-state index < -0.39 is 6.35 Å². The van der Waals surface area contributed by atoms with Crippen molar-refractivity contribution in [2.45, 2.75) is 31.5 Å². The molecule has 0 bridgehead atoms. The van der Waals surface area contributed by atoms with Crippen molar-refractivity contribution in [3.05, 3.63) is 71.8 Å². The molecule has 1 saturated heterocycles. The number of piperidine rings is 1. The van der Waals surface area contributed by atoms with Crippen LogP contribution in [0.4, 0.5) is 5.69 Å². The maximum absolute atomic E-state index is 9.90. The lowest BCUT2D eigenvalue weighted by molar-refractivity contribution is 0.119. The van der Waals surface area contributed by atoms with Gasteiger partial charge in [-0.15, -0.1) is 0 Å². The SMILES string of the molecule is CNC(O)NNc1c(CCN2CCC(c3ccccc3)CC2)ccc2cc(OC)ccc12. The van der Waals surface area contributed by atoms with E-state index in [1.54, 1.807) is 14.2 Å². The first-order valence-corrected chi connectivity index (χ1v) is 11.4. The lowest BCUT2D eigenvalue weighted by Crippen LogP contribution is -2.43. The Morgan fingerprint density at radius 1 is 1.06 bits per heavy atom. The van der Waals surface area contributed by atoms with Crippen LogP contribution in [0, 0.1) is 0 Å². The Morgan fingerprint density at radius 2 is 1.84 bits per heavy atom. The lowest BCUT2D eigenvalue weighted by atomic mass is 9.89. The Balaban J connectivity index is 1.45. The van der Waals surface area contributed by atoms with Crippen molar-refractivity contribution < 1.29 is 9.84 Å². The number of rotatable bonds is 9. The fourth-order valence-electron chi connectivity index (χ4n) is 4.54. The molecular formula is C26H34N4O2. The third-order valence-corrected chi connectivity index (χ3v) is 6.48. The molecule has 0 aromatic heterocycles. The first-order valence-electron chi connectivity index (χ1n) is 11.4. The lowest BCUT2D eigenvalue weighted by Gasteiger charge is -2.32. The molecule has 6 nitrogen and oxygen atoms in total. The second-order valence-electron chi connectivity index (χ2n) is 8.42. The van der Waals surface area contributed by atoms with Gasteiger partial charge in [0.25, 0.3) is 0 Å². The van der Waals surface area contributed by atoms with Crippen LogP contribution in [0.3, 0.4) is 0 Å². The Hall–Kier alpha value is -2.64. The van der Waals surface area contributed by atoms with Crippen molar-refractivity contribution in [3.63, 3.8) is 0 Å². The maximum Gasteiger partial charge on any atom is 0.176 e. The molecule has 1 heterocycles. The van der Waals surface area contributed by atoms with Gasteiger partial charge in [0, 0.05) is 11.9 Å². The number of nitrogens with one attached hydrogen (secondary N) is 3. The zero-order valence-corrected chi connectivity index (χ0v) is 19.0. The number of hydrogen-bond acceptors (Lipinski definition) is 6. The van der Waals surface area contributed by atoms with Crippen LogP contribution < -0.4 is 20.9 Å². The van der Waals surface area contributed by atoms with Crippen LogP contribution in [0.25, 0.3) is 10.8 Å². The number of nitrogens with zero attached hydrogens (tertiary/aromatic N) is 1. The van der Waals surface area contributed by atoms with E-state index in [9.17, 15) is 5.11 Å². The van der Waals surface area contributed by atoms with Gasteiger partial charge in [0.05, 0.1) is 12.8 Å². The van der Waals surface area contributed by atoms with Gasteiger partial charge in [-0.1, -0.05) is 42.5 Å². The number of aliphatic hydroxyl groups is 1. The van der Waals surface area contributed by atoms with Crippen LogP contribution in [0.1, 0.15) is 29.9 Å². The highest BCUT2D eigenvalue weighted by Gasteiger charge is 2.20. The Kier molecular flexibility index (Phi) is 7.60. The standard InChI is InChI=1S/C26H34N4O2/c1-27-26(31)29-28-25-21(8-9-22-18-23(32-2)10-11-24(22)25)14-17-30-15-12-20(13-16-30)19-6-4-3-5-7-19/h3-11,18,20,26-29,31H,12-17H2,1-2H3. The fraction of sp³-hybridized carbons (Fsp3) is 0.385. The molecule has 0 spiro atoms. The number of ether oxygens (including phenoxy) is 1. The largest absolute Gasteiger partial charge is 0.497 e. The maximum atomic E-state index is 9.90. The fourth-order valence-corrected chi connectivity index (χ4v) is 4.54. The summed E-state index contributed by atoms with van der Waals surface area (Å²) in [6.45, 7) is 3.28. The van der Waals surface area contributed by atoms with Crippen molar-refractivity contribution in [2.24, 2.45) is 0 Å². The van der Waals surface area contributed by atoms with Gasteiger partial charge >= 0.3 is 0 Å². The molecule has 3 aromatic rings. The molecular weight excluding hydrogens is 400 g/mol. The van der Waals surface area contributed by atoms with Gasteiger partial charge in [-0.05, 0) is 80.0 Å². The molecule has 3 aromatic carbocycles. The number of aliphatic hydroxyl groups excluding tert-OH is 1. The molecule has 1 aliphatic heterocycles. The number of methoxy groups -OCH3 is 1. The summed E-state index contributed by atoms with van der Waals surface area (Å²) in [6, 6.07) is 21.3. The summed E-state index contributed by atoms with van der Waals surface area (Å²) in [7, 11) is 3.38. The zero-order valence-electron chi connectivity index (χ0n) is 19.0. The summed E-state index contributed by atoms with van der Waals surface area (Å²) in [6.07, 6.45) is 2.52. The minimum atomic E-state index is -0.839. The smallest absolute Gasteiger partial charge is 0.176 e. The van der Waals surface area contributed by atoms with Gasteiger partial charge in [0.1, 0.15) is 5.75 Å². The summed E-state index contributed by atoms with van der Waals surface area (Å²) in [5.41, 5.74) is 9.85. The zero-order chi connectivity index (χ0) is 22.3. The van der Waals surface area contributed by atoms with Crippen LogP contribution in [0.2, 0.25) is 0 Å². The van der Waals surface area contributed by atoms with Crippen LogP contribution in [0.15, 0.2) is 60.7 Å². The molecule has 1 atom stereocenters. The van der Waals surface area contributed by atoms with Gasteiger partial charge in [-0.2, -0.15) is 5.43 Å². The number of fused-ring (bicyclic) bond motifs is 1. The van der Waals surface area contributed by atoms with E-state index in [0.29, 0.717) is 5.92 Å². The molecule has 0 saturated carbocycles. The van der Waals surface area contributed by atoms with Crippen LogP contribution in [-0.4, -0.2) is 50.2 Å². The average Bonchev–Trinajstić information content (AvgIpc) is 2.86. The van der Waals surface area contributed by atoms with Gasteiger partial charge in [-0.25, -0.2) is 0 Å². The number of hydrazine groups is 1. The second-order valence-corrected chi connectivity index (χ2v) is 8.42. The van der Waals surface area contributed by atoms with Crippen molar-refractivity contribution in [2.75, 3.05) is 39.2 Å². The molecule has 170 valence electrons. The Bertz CT molecular complexity index is 1000. The molecule has 4 N–H and O–H groups in total. The topological polar surface area (TPSA) is 68.8 Å². The summed E-state index contributed by atoms with van der Waals surface area (Å²) in [4.78, 5) is 2.57. The predicted molar refractivity (Wildman–Crippen MR) is 131 cm³/mol. The van der Waals surface area contributed by atoms with Crippen LogP contribution >= 0.6 is 0 Å². The quantitative estimate of drug-likeness (QED) is 0.304. The molecule has 0 aliphatic carbocycles. The van der Waals surface area contributed by atoms with E-state index in [2.05, 4.69) is 69.6 Å². The van der Waals surface area contributed by atoms with E-state index in [1.165, 1.54) is 24.0 Å². The summed E-state index contributed by atoms with van der Waals surface area (Å²) < 4.78 is 5.38. The van der Waals surface area contributed by atoms with E-state index >= 15 is 0 Å². The molecule has 6 heteroatoms. The summed E-state index contributed by atoms with van der Waals surface area (Å²) in [5, 5.41) is 14.9. The number of likely N-dealkylation sites (tertiary alicyclic amines) is 1. The molecule has 1 unspecified atom stereocenters. The van der Waals surface area contributed by atoms with Crippen molar-refractivity contribution in [1.29, 1.82) is 0 Å². The number of anilines is 1. The van der Waals surface area contributed by atoms with E-state index in [0.717, 1.165) is 48.3 Å². The first kappa shape index (κ1) is 22.6. The Morgan fingerprint density at radius 3 is 2.56 bits per heavy atom. The molecule has 4 rings (SSSR count). The molecule has 0 amide bonds. The minimum Gasteiger partial charge on any atom is -0.497 e. The number of benzene rings is 3. The average molecular weight is 435 g/mol. The van der Waals surface area contributed by atoms with Crippen molar-refractivity contribution in [1.82, 2.24) is 15.6 Å². The van der Waals surface area contributed by atoms with Crippen molar-refractivity contribution in [3.8, 4) is 5.75 Å². The molecule has 1 fully saturated rings. The normalized spacial score (nSPS) is 16.2. The van der Waals surface area contributed by atoms with Crippen LogP contribution in [-0.2, 0) is 6.42 Å². The second kappa shape index (κ2) is 10.8. The predicted octanol–water partition coefficient (Wildman–Crippen LogP) is 3.68. The van der Waals surface area contributed by atoms with Gasteiger partial charge in [0.2, 0.25) is 0 Å². The van der Waals surface area contributed by atoms with Crippen molar-refractivity contribution >= 4 is 16.5 Å². The van der Waals surface area contributed by atoms with Gasteiger partial charge < -0.3 is 20.2 Å². The van der Waals surface area contributed by atoms with E-state index in [4.69, 9.17) is 4.74 Å². The molecule has 32 heavy (non-hydrogen) atoms. The molecule has 0 radical (unpaired) electrons. The number of hydrogen-bond donors (Lipinski definition) is 4. The third kappa shape index (κ3) is 5.40. The van der Waals surface area contributed by atoms with Gasteiger partial charge in [0.15, 0.2) is 6.35 Å². The highest BCUT2D eigenvalue weighted by Crippen LogP contribution is 2.31. The summed E-state index contributed by atoms with van der Waals surface area (Å²) in [5.74, 6) is 1.51. The first-order chi connectivity index (χ1) is 15.7. The third-order valence-electron chi connectivity index (χ3n) is 6.48. The van der Waals surface area contributed by atoms with E-state index in [1.807, 2.05) is 12.1 Å². The molecule has 1 aliphatic rings. The monoisotopic (exact) mass is 434 g/mol. The highest BCUT2D eigenvalue weighted by atomic mass is 16.5. The highest BCUT2D eigenvalue weighted by molar-refractivity contribution is 5.96. The minimum absolute atomic E-state index is 0.674. The van der Waals surface area contributed by atoms with E-state index in [-0.39, 0.29) is 0 Å². The van der Waals surface area contributed by atoms with Crippen LogP contribution in [0.5, 0.6) is 5.75 Å². The summed E-state index contributed by atoms with van der Waals surface area (Å²) >= 11 is 0.